The van der Waals surface area contributed by atoms with Gasteiger partial charge in [0.05, 0.1) is 11.7 Å². The molecule has 3 nitrogen and oxygen atoms in total. The number of hydrogen-bond donors (Lipinski definition) is 3. The van der Waals surface area contributed by atoms with Crippen molar-refractivity contribution in [2.24, 2.45) is 28.6 Å². The SMILES string of the molecule is C[C@]12CC[C@H](O)CC1=CC[C@@H]1[C@@H]2CC[C@@]2(C)[C@H]1CC[C@@]2(O)CCO. The Kier molecular flexibility index (Phi) is 3.95. The van der Waals surface area contributed by atoms with Crippen LogP contribution in [0.2, 0.25) is 0 Å². The summed E-state index contributed by atoms with van der Waals surface area (Å²) in [5.41, 5.74) is 1.06. The number of hydrogen-bond acceptors (Lipinski definition) is 3. The van der Waals surface area contributed by atoms with Gasteiger partial charge in [-0.25, -0.2) is 0 Å². The van der Waals surface area contributed by atoms with E-state index in [9.17, 15) is 15.3 Å². The predicted molar refractivity (Wildman–Crippen MR) is 94.4 cm³/mol. The van der Waals surface area contributed by atoms with Crippen LogP contribution in [0.3, 0.4) is 0 Å². The van der Waals surface area contributed by atoms with E-state index in [1.807, 2.05) is 0 Å². The molecule has 0 saturated heterocycles. The Balaban J connectivity index is 1.65. The number of fused-ring (bicyclic) bond motifs is 5. The summed E-state index contributed by atoms with van der Waals surface area (Å²) in [5.74, 6) is 1.95. The van der Waals surface area contributed by atoms with Gasteiger partial charge in [-0.15, -0.1) is 0 Å². The average Bonchev–Trinajstić information content (AvgIpc) is 2.80. The number of aliphatic hydroxyl groups excluding tert-OH is 2. The highest BCUT2D eigenvalue weighted by Gasteiger charge is 2.63. The van der Waals surface area contributed by atoms with Crippen LogP contribution >= 0.6 is 0 Å². The predicted octanol–water partition coefficient (Wildman–Crippen LogP) is 3.42. The van der Waals surface area contributed by atoms with E-state index < -0.39 is 5.60 Å². The second-order valence-corrected chi connectivity index (χ2v) is 9.66. The van der Waals surface area contributed by atoms with E-state index in [2.05, 4.69) is 19.9 Å². The Morgan fingerprint density at radius 1 is 1.08 bits per heavy atom. The summed E-state index contributed by atoms with van der Waals surface area (Å²) >= 11 is 0. The maximum absolute atomic E-state index is 11.3. The van der Waals surface area contributed by atoms with Gasteiger partial charge in [-0.2, -0.15) is 0 Å². The van der Waals surface area contributed by atoms with Gasteiger partial charge in [0, 0.05) is 6.61 Å². The van der Waals surface area contributed by atoms with Gasteiger partial charge in [-0.3, -0.25) is 0 Å². The molecule has 0 aromatic carbocycles. The number of rotatable bonds is 2. The maximum atomic E-state index is 11.3. The Labute approximate surface area is 146 Å². The summed E-state index contributed by atoms with van der Waals surface area (Å²) in [6, 6.07) is 0. The summed E-state index contributed by atoms with van der Waals surface area (Å²) in [6.45, 7) is 4.83. The molecule has 4 aliphatic rings. The molecule has 7 atom stereocenters. The molecular formula is C21H34O3. The highest BCUT2D eigenvalue weighted by atomic mass is 16.3. The summed E-state index contributed by atoms with van der Waals surface area (Å²) < 4.78 is 0. The summed E-state index contributed by atoms with van der Waals surface area (Å²) in [5, 5.41) is 30.8. The molecule has 0 spiro atoms. The zero-order valence-electron chi connectivity index (χ0n) is 15.3. The molecule has 0 bridgehead atoms. The van der Waals surface area contributed by atoms with Crippen molar-refractivity contribution < 1.29 is 15.3 Å². The molecule has 4 aliphatic carbocycles. The van der Waals surface area contributed by atoms with Crippen LogP contribution in [0.5, 0.6) is 0 Å². The van der Waals surface area contributed by atoms with Crippen molar-refractivity contribution in [2.75, 3.05) is 6.61 Å². The molecule has 0 heterocycles. The van der Waals surface area contributed by atoms with E-state index in [1.54, 1.807) is 0 Å². The van der Waals surface area contributed by atoms with Crippen LogP contribution in [-0.2, 0) is 0 Å². The van der Waals surface area contributed by atoms with Crippen LogP contribution in [-0.4, -0.2) is 33.6 Å². The van der Waals surface area contributed by atoms with Crippen molar-refractivity contribution in [3.05, 3.63) is 11.6 Å². The van der Waals surface area contributed by atoms with Crippen LogP contribution in [0.15, 0.2) is 11.6 Å². The van der Waals surface area contributed by atoms with Crippen LogP contribution in [0.25, 0.3) is 0 Å². The quantitative estimate of drug-likeness (QED) is 0.678. The molecule has 0 aromatic heterocycles. The molecule has 0 aromatic rings. The zero-order chi connectivity index (χ0) is 17.2. The van der Waals surface area contributed by atoms with Crippen molar-refractivity contribution in [3.8, 4) is 0 Å². The molecular weight excluding hydrogens is 300 g/mol. The lowest BCUT2D eigenvalue weighted by Gasteiger charge is -2.59. The average molecular weight is 335 g/mol. The van der Waals surface area contributed by atoms with Crippen molar-refractivity contribution >= 4 is 0 Å². The lowest BCUT2D eigenvalue weighted by molar-refractivity contribution is -0.132. The third-order valence-electron chi connectivity index (χ3n) is 8.92. The minimum Gasteiger partial charge on any atom is -0.396 e. The van der Waals surface area contributed by atoms with Gasteiger partial charge in [0.2, 0.25) is 0 Å². The minimum absolute atomic E-state index is 0.0349. The fraction of sp³-hybridized carbons (Fsp3) is 0.905. The molecule has 3 saturated carbocycles. The van der Waals surface area contributed by atoms with Gasteiger partial charge in [0.25, 0.3) is 0 Å². The van der Waals surface area contributed by atoms with Gasteiger partial charge in [-0.1, -0.05) is 25.5 Å². The molecule has 0 amide bonds. The zero-order valence-corrected chi connectivity index (χ0v) is 15.3. The Morgan fingerprint density at radius 2 is 1.83 bits per heavy atom. The minimum atomic E-state index is -0.676. The summed E-state index contributed by atoms with van der Waals surface area (Å²) in [6.07, 6.45) is 11.1. The van der Waals surface area contributed by atoms with E-state index in [0.29, 0.717) is 24.2 Å². The molecule has 24 heavy (non-hydrogen) atoms. The fourth-order valence-corrected chi connectivity index (χ4v) is 7.35. The molecule has 0 aliphatic heterocycles. The molecule has 136 valence electrons. The number of allylic oxidation sites excluding steroid dienone is 1. The van der Waals surface area contributed by atoms with E-state index in [-0.39, 0.29) is 23.5 Å². The van der Waals surface area contributed by atoms with Gasteiger partial charge in [0.1, 0.15) is 0 Å². The first-order chi connectivity index (χ1) is 11.3. The first-order valence-corrected chi connectivity index (χ1v) is 10.0. The highest BCUT2D eigenvalue weighted by Crippen LogP contribution is 2.67. The van der Waals surface area contributed by atoms with Gasteiger partial charge < -0.3 is 15.3 Å². The van der Waals surface area contributed by atoms with Gasteiger partial charge in [0.15, 0.2) is 0 Å². The molecule has 3 fully saturated rings. The normalized spacial score (nSPS) is 53.8. The largest absolute Gasteiger partial charge is 0.396 e. The topological polar surface area (TPSA) is 60.7 Å². The van der Waals surface area contributed by atoms with Crippen LogP contribution < -0.4 is 0 Å². The van der Waals surface area contributed by atoms with E-state index in [0.717, 1.165) is 44.9 Å². The van der Waals surface area contributed by atoms with Crippen LogP contribution in [0.1, 0.15) is 71.6 Å². The molecule has 4 rings (SSSR count). The fourth-order valence-electron chi connectivity index (χ4n) is 7.35. The third-order valence-corrected chi connectivity index (χ3v) is 8.92. The number of aliphatic hydroxyl groups is 3. The lowest BCUT2D eigenvalue weighted by atomic mass is 9.47. The Morgan fingerprint density at radius 3 is 2.58 bits per heavy atom. The second kappa shape index (κ2) is 5.56. The lowest BCUT2D eigenvalue weighted by Crippen LogP contribution is -2.54. The van der Waals surface area contributed by atoms with Crippen molar-refractivity contribution in [1.82, 2.24) is 0 Å². The van der Waals surface area contributed by atoms with E-state index >= 15 is 0 Å². The first kappa shape index (κ1) is 17.1. The van der Waals surface area contributed by atoms with Crippen molar-refractivity contribution in [1.29, 1.82) is 0 Å². The van der Waals surface area contributed by atoms with E-state index in [4.69, 9.17) is 0 Å². The highest BCUT2D eigenvalue weighted by molar-refractivity contribution is 5.26. The van der Waals surface area contributed by atoms with E-state index in [1.165, 1.54) is 12.0 Å². The monoisotopic (exact) mass is 334 g/mol. The third kappa shape index (κ3) is 2.13. The second-order valence-electron chi connectivity index (χ2n) is 9.66. The smallest absolute Gasteiger partial charge is 0.0725 e. The standard InChI is InChI=1S/C21H34O3/c1-19-8-5-15(23)13-14(19)3-4-16-17(19)6-9-20(2)18(16)7-10-21(20,24)11-12-22/h3,15-18,22-24H,4-13H2,1-2H3/t15-,16+,17-,18-,19-,20-,21+/m0/s1. The Bertz CT molecular complexity index is 543. The molecule has 0 radical (unpaired) electrons. The van der Waals surface area contributed by atoms with Crippen LogP contribution in [0.4, 0.5) is 0 Å². The molecule has 0 unspecified atom stereocenters. The Hall–Kier alpha value is -0.380. The van der Waals surface area contributed by atoms with Crippen molar-refractivity contribution in [3.63, 3.8) is 0 Å². The summed E-state index contributed by atoms with van der Waals surface area (Å²) in [4.78, 5) is 0. The molecule has 3 N–H and O–H groups in total. The van der Waals surface area contributed by atoms with Crippen molar-refractivity contribution in [2.45, 2.75) is 83.3 Å². The molecule has 3 heteroatoms. The summed E-state index contributed by atoms with van der Waals surface area (Å²) in [7, 11) is 0. The van der Waals surface area contributed by atoms with Gasteiger partial charge >= 0.3 is 0 Å². The first-order valence-electron chi connectivity index (χ1n) is 10.0. The maximum Gasteiger partial charge on any atom is 0.0725 e. The van der Waals surface area contributed by atoms with Gasteiger partial charge in [-0.05, 0) is 86.4 Å². The van der Waals surface area contributed by atoms with Crippen LogP contribution in [0, 0.1) is 28.6 Å².